The zero-order valence-electron chi connectivity index (χ0n) is 20.3. The number of fused-ring (bicyclic) bond motifs is 2. The molecule has 35 heavy (non-hydrogen) atoms. The molecule has 1 N–H and O–H groups in total. The Morgan fingerprint density at radius 3 is 2.74 bits per heavy atom. The minimum Gasteiger partial charge on any atom is -0.462 e. The third-order valence-electron chi connectivity index (χ3n) is 6.48. The summed E-state index contributed by atoms with van der Waals surface area (Å²) in [5.74, 6) is -1.31. The van der Waals surface area contributed by atoms with Gasteiger partial charge in [-0.3, -0.25) is 19.4 Å². The maximum absolute atomic E-state index is 13.5. The van der Waals surface area contributed by atoms with E-state index in [4.69, 9.17) is 4.74 Å². The third kappa shape index (κ3) is 4.54. The van der Waals surface area contributed by atoms with Gasteiger partial charge in [-0.15, -0.1) is 0 Å². The van der Waals surface area contributed by atoms with E-state index in [0.29, 0.717) is 35.1 Å². The van der Waals surface area contributed by atoms with E-state index in [1.54, 1.807) is 13.8 Å². The van der Waals surface area contributed by atoms with Crippen LogP contribution in [0.4, 0.5) is 9.93 Å². The number of hydrogen-bond donors (Lipinski definition) is 1. The SMILES string of the molecule is CCCCCN(C(=O)CN1C(=O)NC2(CCc3ccccc32)C1=O)c1nc(C)c(C(=O)OCC)s1. The fourth-order valence-electron chi connectivity index (χ4n) is 4.68. The van der Waals surface area contributed by atoms with Gasteiger partial charge < -0.3 is 10.1 Å². The van der Waals surface area contributed by atoms with Crippen LogP contribution in [0.1, 0.15) is 66.0 Å². The summed E-state index contributed by atoms with van der Waals surface area (Å²) in [6, 6.07) is 7.00. The molecule has 2 aliphatic rings. The second-order valence-corrected chi connectivity index (χ2v) is 9.75. The van der Waals surface area contributed by atoms with Gasteiger partial charge in [0.25, 0.3) is 5.91 Å². The minimum atomic E-state index is -1.12. The highest BCUT2D eigenvalue weighted by molar-refractivity contribution is 7.17. The highest BCUT2D eigenvalue weighted by Gasteiger charge is 2.55. The van der Waals surface area contributed by atoms with Crippen molar-refractivity contribution < 1.29 is 23.9 Å². The summed E-state index contributed by atoms with van der Waals surface area (Å²) in [4.78, 5) is 59.4. The number of nitrogens with one attached hydrogen (secondary N) is 1. The summed E-state index contributed by atoms with van der Waals surface area (Å²) in [6.07, 6.45) is 3.75. The highest BCUT2D eigenvalue weighted by atomic mass is 32.1. The van der Waals surface area contributed by atoms with E-state index in [1.807, 2.05) is 24.3 Å². The number of rotatable bonds is 9. The molecule has 1 aliphatic heterocycles. The van der Waals surface area contributed by atoms with Gasteiger partial charge in [0.15, 0.2) is 5.13 Å². The van der Waals surface area contributed by atoms with Crippen molar-refractivity contribution in [3.8, 4) is 0 Å². The molecule has 0 bridgehead atoms. The van der Waals surface area contributed by atoms with Crippen molar-refractivity contribution >= 4 is 40.3 Å². The van der Waals surface area contributed by atoms with Crippen LogP contribution >= 0.6 is 11.3 Å². The number of ether oxygens (including phenoxy) is 1. The normalized spacial score (nSPS) is 18.7. The predicted molar refractivity (Wildman–Crippen MR) is 131 cm³/mol. The number of imide groups is 1. The summed E-state index contributed by atoms with van der Waals surface area (Å²) >= 11 is 1.09. The molecule has 2 heterocycles. The number of esters is 1. The van der Waals surface area contributed by atoms with Gasteiger partial charge in [-0.2, -0.15) is 0 Å². The quantitative estimate of drug-likeness (QED) is 0.322. The highest BCUT2D eigenvalue weighted by Crippen LogP contribution is 2.41. The molecule has 4 amide bonds. The molecule has 186 valence electrons. The van der Waals surface area contributed by atoms with Crippen LogP contribution in [0.15, 0.2) is 24.3 Å². The number of hydrogen-bond acceptors (Lipinski definition) is 7. The maximum atomic E-state index is 13.5. The fraction of sp³-hybridized carbons (Fsp3) is 0.480. The van der Waals surface area contributed by atoms with Gasteiger partial charge in [0, 0.05) is 6.54 Å². The van der Waals surface area contributed by atoms with Crippen molar-refractivity contribution in [2.45, 2.75) is 58.4 Å². The molecule has 1 spiro atoms. The molecule has 10 heteroatoms. The molecular formula is C25H30N4O5S. The lowest BCUT2D eigenvalue weighted by Crippen LogP contribution is -2.45. The topological polar surface area (TPSA) is 109 Å². The Morgan fingerprint density at radius 1 is 1.23 bits per heavy atom. The second-order valence-electron chi connectivity index (χ2n) is 8.77. The average Bonchev–Trinajstić information content (AvgIpc) is 3.48. The van der Waals surface area contributed by atoms with Crippen LogP contribution in [0.3, 0.4) is 0 Å². The van der Waals surface area contributed by atoms with E-state index in [0.717, 1.165) is 46.6 Å². The van der Waals surface area contributed by atoms with Crippen molar-refractivity contribution in [3.05, 3.63) is 46.0 Å². The van der Waals surface area contributed by atoms with Crippen molar-refractivity contribution in [3.63, 3.8) is 0 Å². The smallest absolute Gasteiger partial charge is 0.350 e. The molecule has 1 aromatic carbocycles. The number of aromatic nitrogens is 1. The Morgan fingerprint density at radius 2 is 2.00 bits per heavy atom. The molecule has 1 aliphatic carbocycles. The number of amides is 4. The van der Waals surface area contributed by atoms with Crippen LogP contribution in [0, 0.1) is 6.92 Å². The Bertz CT molecular complexity index is 1160. The first kappa shape index (κ1) is 24.8. The van der Waals surface area contributed by atoms with Crippen LogP contribution in [-0.2, 0) is 26.3 Å². The van der Waals surface area contributed by atoms with Gasteiger partial charge in [-0.25, -0.2) is 14.6 Å². The van der Waals surface area contributed by atoms with E-state index < -0.39 is 35.9 Å². The number of aryl methyl sites for hydroxylation is 2. The van der Waals surface area contributed by atoms with Gasteiger partial charge in [0.05, 0.1) is 12.3 Å². The molecule has 1 unspecified atom stereocenters. The molecular weight excluding hydrogens is 468 g/mol. The van der Waals surface area contributed by atoms with E-state index in [9.17, 15) is 19.2 Å². The summed E-state index contributed by atoms with van der Waals surface area (Å²) in [7, 11) is 0. The van der Waals surface area contributed by atoms with Crippen LogP contribution in [0.2, 0.25) is 0 Å². The monoisotopic (exact) mass is 498 g/mol. The molecule has 0 radical (unpaired) electrons. The van der Waals surface area contributed by atoms with Gasteiger partial charge in [0.1, 0.15) is 17.0 Å². The van der Waals surface area contributed by atoms with Gasteiger partial charge in [0.2, 0.25) is 5.91 Å². The first-order valence-corrected chi connectivity index (χ1v) is 12.8. The minimum absolute atomic E-state index is 0.238. The average molecular weight is 499 g/mol. The Hall–Kier alpha value is -3.27. The van der Waals surface area contributed by atoms with Crippen LogP contribution in [-0.4, -0.2) is 53.4 Å². The first-order chi connectivity index (χ1) is 16.8. The van der Waals surface area contributed by atoms with Crippen LogP contribution in [0.5, 0.6) is 0 Å². The first-order valence-electron chi connectivity index (χ1n) is 12.0. The largest absolute Gasteiger partial charge is 0.462 e. The van der Waals surface area contributed by atoms with Crippen molar-refractivity contribution in [2.24, 2.45) is 0 Å². The lowest BCUT2D eigenvalue weighted by Gasteiger charge is -2.24. The lowest BCUT2D eigenvalue weighted by molar-refractivity contribution is -0.134. The number of urea groups is 1. The zero-order chi connectivity index (χ0) is 25.2. The van der Waals surface area contributed by atoms with Crippen molar-refractivity contribution in [1.82, 2.24) is 15.2 Å². The molecule has 0 saturated carbocycles. The number of nitrogens with zero attached hydrogens (tertiary/aromatic N) is 3. The van der Waals surface area contributed by atoms with E-state index in [2.05, 4.69) is 17.2 Å². The van der Waals surface area contributed by atoms with Crippen LogP contribution < -0.4 is 10.2 Å². The molecule has 1 aromatic heterocycles. The molecule has 1 saturated heterocycles. The molecule has 9 nitrogen and oxygen atoms in total. The van der Waals surface area contributed by atoms with Crippen LogP contribution in [0.25, 0.3) is 0 Å². The molecule has 2 aromatic rings. The zero-order valence-corrected chi connectivity index (χ0v) is 21.1. The number of unbranched alkanes of at least 4 members (excludes halogenated alkanes) is 2. The number of carbonyl (C=O) groups excluding carboxylic acids is 4. The Balaban J connectivity index is 1.57. The van der Waals surface area contributed by atoms with E-state index in [-0.39, 0.29) is 6.61 Å². The number of anilines is 1. The van der Waals surface area contributed by atoms with Gasteiger partial charge in [-0.05, 0) is 44.2 Å². The Labute approximate surface area is 208 Å². The van der Waals surface area contributed by atoms with Crippen molar-refractivity contribution in [2.75, 3.05) is 24.6 Å². The standard InChI is InChI=1S/C25H30N4O5S/c1-4-6-9-14-28(24-26-16(3)20(35-24)21(31)34-5-2)19(30)15-29-22(32)25(27-23(29)33)13-12-17-10-7-8-11-18(17)25/h7-8,10-11H,4-6,9,12-15H2,1-3H3,(H,27,33). The van der Waals surface area contributed by atoms with Gasteiger partial charge in [-0.1, -0.05) is 55.4 Å². The molecule has 1 atom stereocenters. The summed E-state index contributed by atoms with van der Waals surface area (Å²) in [5, 5.41) is 3.22. The second kappa shape index (κ2) is 10.2. The summed E-state index contributed by atoms with van der Waals surface area (Å²) in [6.45, 7) is 5.70. The molecule has 4 rings (SSSR count). The number of benzene rings is 1. The van der Waals surface area contributed by atoms with E-state index >= 15 is 0 Å². The summed E-state index contributed by atoms with van der Waals surface area (Å²) in [5.41, 5.74) is 1.19. The molecule has 1 fully saturated rings. The number of thiazole rings is 1. The van der Waals surface area contributed by atoms with E-state index in [1.165, 1.54) is 4.90 Å². The van der Waals surface area contributed by atoms with Crippen molar-refractivity contribution in [1.29, 1.82) is 0 Å². The number of carbonyl (C=O) groups is 4. The third-order valence-corrected chi connectivity index (χ3v) is 7.64. The van der Waals surface area contributed by atoms with Gasteiger partial charge >= 0.3 is 12.0 Å². The lowest BCUT2D eigenvalue weighted by atomic mass is 9.92. The Kier molecular flexibility index (Phi) is 7.20. The maximum Gasteiger partial charge on any atom is 0.350 e. The predicted octanol–water partition coefficient (Wildman–Crippen LogP) is 3.54. The fourth-order valence-corrected chi connectivity index (χ4v) is 5.69. The summed E-state index contributed by atoms with van der Waals surface area (Å²) < 4.78 is 5.10.